The van der Waals surface area contributed by atoms with Crippen LogP contribution in [0.3, 0.4) is 0 Å². The zero-order valence-corrected chi connectivity index (χ0v) is 24.7. The van der Waals surface area contributed by atoms with E-state index in [1.807, 2.05) is 13.8 Å². The minimum Gasteiger partial charge on any atom is -0.353 e. The van der Waals surface area contributed by atoms with Gasteiger partial charge >= 0.3 is 0 Å². The molecule has 0 bridgehead atoms. The molecule has 0 radical (unpaired) electrons. The molecule has 0 unspecified atom stereocenters. The van der Waals surface area contributed by atoms with Gasteiger partial charge in [0.2, 0.25) is 0 Å². The molecule has 0 aliphatic carbocycles. The van der Waals surface area contributed by atoms with E-state index < -0.39 is 11.6 Å². The Kier molecular flexibility index (Phi) is 18.5. The van der Waals surface area contributed by atoms with Crippen molar-refractivity contribution >= 4 is 0 Å². The maximum absolute atomic E-state index is 5.43. The van der Waals surface area contributed by atoms with Crippen LogP contribution in [0.15, 0.2) is 24.3 Å². The second-order valence-electron chi connectivity index (χ2n) is 10.9. The van der Waals surface area contributed by atoms with E-state index in [2.05, 4.69) is 24.3 Å². The van der Waals surface area contributed by atoms with Gasteiger partial charge in [-0.3, -0.25) is 0 Å². The van der Waals surface area contributed by atoms with Gasteiger partial charge in [0.1, 0.15) is 0 Å². The van der Waals surface area contributed by atoms with Crippen molar-refractivity contribution in [2.75, 3.05) is 28.4 Å². The van der Waals surface area contributed by atoms with E-state index in [4.69, 9.17) is 18.9 Å². The van der Waals surface area contributed by atoms with E-state index in [-0.39, 0.29) is 0 Å². The molecule has 0 atom stereocenters. The molecule has 210 valence electrons. The summed E-state index contributed by atoms with van der Waals surface area (Å²) in [5.74, 6) is -0.820. The van der Waals surface area contributed by atoms with E-state index in [1.54, 1.807) is 28.4 Å². The van der Waals surface area contributed by atoms with Gasteiger partial charge in [0.15, 0.2) is 11.6 Å². The lowest BCUT2D eigenvalue weighted by molar-refractivity contribution is -0.198. The Morgan fingerprint density at radius 3 is 1.11 bits per heavy atom. The Morgan fingerprint density at radius 2 is 0.778 bits per heavy atom. The van der Waals surface area contributed by atoms with E-state index in [9.17, 15) is 0 Å². The minimum atomic E-state index is -0.410. The highest BCUT2D eigenvalue weighted by atomic mass is 16.7. The molecular weight excluding hydrogens is 448 g/mol. The van der Waals surface area contributed by atoms with Crippen LogP contribution >= 0.6 is 0 Å². The van der Waals surface area contributed by atoms with Crippen molar-refractivity contribution in [3.63, 3.8) is 0 Å². The van der Waals surface area contributed by atoms with Crippen LogP contribution in [0, 0.1) is 0 Å². The van der Waals surface area contributed by atoms with Crippen LogP contribution in [0.1, 0.15) is 128 Å². The molecule has 0 saturated carbocycles. The SMILES string of the molecule is COC(C)(CCCCCCCCCc1cccc(CCCCCCCCCC(C)(OC)OC)c1)OC. The van der Waals surface area contributed by atoms with Crippen molar-refractivity contribution in [2.24, 2.45) is 0 Å². The maximum atomic E-state index is 5.43. The second-order valence-corrected chi connectivity index (χ2v) is 10.9. The first-order chi connectivity index (χ1) is 17.4. The van der Waals surface area contributed by atoms with E-state index >= 15 is 0 Å². The van der Waals surface area contributed by atoms with Gasteiger partial charge in [0.25, 0.3) is 0 Å². The topological polar surface area (TPSA) is 36.9 Å². The van der Waals surface area contributed by atoms with Gasteiger partial charge in [-0.15, -0.1) is 0 Å². The summed E-state index contributed by atoms with van der Waals surface area (Å²) in [7, 11) is 6.91. The van der Waals surface area contributed by atoms with Crippen LogP contribution in [0.2, 0.25) is 0 Å². The fourth-order valence-electron chi connectivity index (χ4n) is 4.83. The second kappa shape index (κ2) is 20.1. The number of unbranched alkanes of at least 4 members (excludes halogenated alkanes) is 12. The lowest BCUT2D eigenvalue weighted by Gasteiger charge is -2.26. The third-order valence-corrected chi connectivity index (χ3v) is 7.91. The lowest BCUT2D eigenvalue weighted by atomic mass is 9.99. The summed E-state index contributed by atoms with van der Waals surface area (Å²) < 4.78 is 21.7. The molecule has 0 heterocycles. The third-order valence-electron chi connectivity index (χ3n) is 7.91. The van der Waals surface area contributed by atoms with Gasteiger partial charge in [-0.05, 0) is 63.5 Å². The van der Waals surface area contributed by atoms with Crippen molar-refractivity contribution in [3.05, 3.63) is 35.4 Å². The molecule has 0 N–H and O–H groups in total. The molecule has 0 fully saturated rings. The normalized spacial score (nSPS) is 12.4. The molecule has 1 rings (SSSR count). The quantitative estimate of drug-likeness (QED) is 0.103. The number of hydrogen-bond acceptors (Lipinski definition) is 4. The number of aryl methyl sites for hydroxylation is 2. The van der Waals surface area contributed by atoms with Crippen LogP contribution in [0.25, 0.3) is 0 Å². The Hall–Kier alpha value is -0.940. The summed E-state index contributed by atoms with van der Waals surface area (Å²) in [5, 5.41) is 0. The Bertz CT molecular complexity index is 586. The van der Waals surface area contributed by atoms with Crippen LogP contribution in [0.5, 0.6) is 0 Å². The first kappa shape index (κ1) is 33.1. The molecule has 1 aromatic carbocycles. The first-order valence-electron chi connectivity index (χ1n) is 14.7. The molecule has 36 heavy (non-hydrogen) atoms. The van der Waals surface area contributed by atoms with E-state index in [0.29, 0.717) is 0 Å². The lowest BCUT2D eigenvalue weighted by Crippen LogP contribution is -2.29. The van der Waals surface area contributed by atoms with Crippen LogP contribution < -0.4 is 0 Å². The summed E-state index contributed by atoms with van der Waals surface area (Å²) in [5.41, 5.74) is 3.04. The third kappa shape index (κ3) is 15.3. The Labute approximate surface area is 223 Å². The molecule has 0 amide bonds. The van der Waals surface area contributed by atoms with Crippen molar-refractivity contribution in [1.29, 1.82) is 0 Å². The monoisotopic (exact) mass is 506 g/mol. The van der Waals surface area contributed by atoms with Crippen molar-refractivity contribution in [2.45, 2.75) is 141 Å². The number of benzene rings is 1. The molecule has 0 aromatic heterocycles. The molecule has 0 aliphatic rings. The van der Waals surface area contributed by atoms with Crippen LogP contribution in [-0.2, 0) is 31.8 Å². The fourth-order valence-corrected chi connectivity index (χ4v) is 4.83. The summed E-state index contributed by atoms with van der Waals surface area (Å²) in [6.45, 7) is 4.04. The zero-order valence-electron chi connectivity index (χ0n) is 24.7. The average Bonchev–Trinajstić information content (AvgIpc) is 2.91. The fraction of sp³-hybridized carbons (Fsp3) is 0.812. The van der Waals surface area contributed by atoms with Gasteiger partial charge in [-0.1, -0.05) is 88.5 Å². The van der Waals surface area contributed by atoms with Gasteiger partial charge in [0, 0.05) is 41.3 Å². The highest BCUT2D eigenvalue weighted by Gasteiger charge is 2.22. The predicted molar refractivity (Wildman–Crippen MR) is 153 cm³/mol. The Morgan fingerprint density at radius 1 is 0.472 bits per heavy atom. The molecule has 1 aromatic rings. The summed E-state index contributed by atoms with van der Waals surface area (Å²) in [4.78, 5) is 0. The van der Waals surface area contributed by atoms with Gasteiger partial charge < -0.3 is 18.9 Å². The van der Waals surface area contributed by atoms with Crippen molar-refractivity contribution < 1.29 is 18.9 Å². The van der Waals surface area contributed by atoms with E-state index in [1.165, 1.54) is 114 Å². The Balaban J connectivity index is 2.03. The zero-order chi connectivity index (χ0) is 26.5. The van der Waals surface area contributed by atoms with Gasteiger partial charge in [-0.2, -0.15) is 0 Å². The molecule has 4 heteroatoms. The van der Waals surface area contributed by atoms with E-state index in [0.717, 1.165) is 12.8 Å². The van der Waals surface area contributed by atoms with Crippen LogP contribution in [0.4, 0.5) is 0 Å². The predicted octanol–water partition coefficient (Wildman–Crippen LogP) is 9.03. The largest absolute Gasteiger partial charge is 0.353 e. The number of ether oxygens (including phenoxy) is 4. The van der Waals surface area contributed by atoms with Crippen molar-refractivity contribution in [1.82, 2.24) is 0 Å². The summed E-state index contributed by atoms with van der Waals surface area (Å²) in [6, 6.07) is 9.33. The standard InChI is InChI=1S/C32H58O4/c1-31(33-3,34-4)26-19-15-11-7-9-13-17-22-29-24-21-25-30(28-29)23-18-14-10-8-12-16-20-27-32(2,35-5)36-6/h21,24-25,28H,7-20,22-23,26-27H2,1-6H3. The molecular formula is C32H58O4. The molecule has 0 spiro atoms. The van der Waals surface area contributed by atoms with Crippen molar-refractivity contribution in [3.8, 4) is 0 Å². The molecule has 0 aliphatic heterocycles. The number of hydrogen-bond donors (Lipinski definition) is 0. The number of methoxy groups -OCH3 is 4. The highest BCUT2D eigenvalue weighted by molar-refractivity contribution is 5.23. The summed E-state index contributed by atoms with van der Waals surface area (Å²) in [6.07, 6.45) is 22.6. The van der Waals surface area contributed by atoms with Gasteiger partial charge in [0.05, 0.1) is 0 Å². The van der Waals surface area contributed by atoms with Crippen LogP contribution in [-0.4, -0.2) is 40.0 Å². The first-order valence-corrected chi connectivity index (χ1v) is 14.7. The average molecular weight is 507 g/mol. The molecule has 0 saturated heterocycles. The van der Waals surface area contributed by atoms with Gasteiger partial charge in [-0.25, -0.2) is 0 Å². The highest BCUT2D eigenvalue weighted by Crippen LogP contribution is 2.21. The summed E-state index contributed by atoms with van der Waals surface area (Å²) >= 11 is 0. The smallest absolute Gasteiger partial charge is 0.164 e. The maximum Gasteiger partial charge on any atom is 0.164 e. The minimum absolute atomic E-state index is 0.410. The molecule has 4 nitrogen and oxygen atoms in total. The number of rotatable bonds is 24.